The fourth-order valence-corrected chi connectivity index (χ4v) is 5.30. The summed E-state index contributed by atoms with van der Waals surface area (Å²) in [5, 5.41) is 5.40. The number of nitrogens with zero attached hydrogens (tertiary/aromatic N) is 2. The lowest BCUT2D eigenvalue weighted by Gasteiger charge is -2.35. The van der Waals surface area contributed by atoms with Gasteiger partial charge in [-0.15, -0.1) is 23.1 Å². The van der Waals surface area contributed by atoms with Gasteiger partial charge in [-0.2, -0.15) is 0 Å². The number of amides is 2. The molecule has 5 nitrogen and oxygen atoms in total. The zero-order valence-corrected chi connectivity index (χ0v) is 19.8. The fraction of sp³-hybridized carbons (Fsp3) is 0.522. The van der Waals surface area contributed by atoms with Crippen LogP contribution in [0.15, 0.2) is 29.6 Å². The molecular weight excluding hydrogens is 414 g/mol. The summed E-state index contributed by atoms with van der Waals surface area (Å²) in [6.45, 7) is 10.4. The molecule has 0 bridgehead atoms. The van der Waals surface area contributed by atoms with Gasteiger partial charge < -0.3 is 10.2 Å². The van der Waals surface area contributed by atoms with E-state index in [1.54, 1.807) is 0 Å². The molecule has 162 valence electrons. The summed E-state index contributed by atoms with van der Waals surface area (Å²) >= 11 is 2.78. The van der Waals surface area contributed by atoms with E-state index < -0.39 is 0 Å². The topological polar surface area (TPSA) is 62.3 Å². The number of aromatic nitrogens is 1. The van der Waals surface area contributed by atoms with Crippen molar-refractivity contribution in [3.05, 3.63) is 35.2 Å². The molecule has 0 spiro atoms. The first-order valence-corrected chi connectivity index (χ1v) is 12.6. The maximum Gasteiger partial charge on any atom is 0.236 e. The van der Waals surface area contributed by atoms with E-state index in [-0.39, 0.29) is 17.6 Å². The van der Waals surface area contributed by atoms with Gasteiger partial charge in [0.05, 0.1) is 17.2 Å². The van der Waals surface area contributed by atoms with Crippen LogP contribution in [0.25, 0.3) is 11.3 Å². The Hall–Kier alpha value is -1.86. The van der Waals surface area contributed by atoms with Crippen molar-refractivity contribution in [3.63, 3.8) is 0 Å². The highest BCUT2D eigenvalue weighted by atomic mass is 32.2. The Morgan fingerprint density at radius 1 is 1.17 bits per heavy atom. The number of likely N-dealkylation sites (tertiary alicyclic amines) is 1. The molecule has 2 aromatic rings. The van der Waals surface area contributed by atoms with Crippen molar-refractivity contribution in [2.75, 3.05) is 29.9 Å². The lowest BCUT2D eigenvalue weighted by Crippen LogP contribution is -2.43. The van der Waals surface area contributed by atoms with E-state index in [4.69, 9.17) is 0 Å². The summed E-state index contributed by atoms with van der Waals surface area (Å²) in [6.07, 6.45) is 1.18. The van der Waals surface area contributed by atoms with Crippen molar-refractivity contribution < 1.29 is 9.59 Å². The van der Waals surface area contributed by atoms with Crippen molar-refractivity contribution in [1.29, 1.82) is 0 Å². The highest BCUT2D eigenvalue weighted by Crippen LogP contribution is 2.27. The maximum atomic E-state index is 12.4. The second-order valence-corrected chi connectivity index (χ2v) is 10.4. The van der Waals surface area contributed by atoms with Crippen LogP contribution >= 0.6 is 23.1 Å². The summed E-state index contributed by atoms with van der Waals surface area (Å²) < 4.78 is 0. The molecule has 0 unspecified atom stereocenters. The van der Waals surface area contributed by atoms with Crippen LogP contribution in [0, 0.1) is 11.8 Å². The normalized spacial score (nSPS) is 19.2. The Balaban J connectivity index is 1.45. The van der Waals surface area contributed by atoms with Gasteiger partial charge >= 0.3 is 0 Å². The number of hydrogen-bond donors (Lipinski definition) is 1. The van der Waals surface area contributed by atoms with Gasteiger partial charge in [-0.1, -0.05) is 52.0 Å². The Bertz CT molecular complexity index is 854. The predicted octanol–water partition coefficient (Wildman–Crippen LogP) is 5.11. The third-order valence-corrected chi connectivity index (χ3v) is 6.98. The summed E-state index contributed by atoms with van der Waals surface area (Å²) in [4.78, 5) is 31.1. The van der Waals surface area contributed by atoms with Crippen LogP contribution < -0.4 is 5.32 Å². The number of anilines is 1. The number of benzene rings is 1. The van der Waals surface area contributed by atoms with Crippen LogP contribution in [-0.2, 0) is 9.59 Å². The molecular formula is C23H31N3O2S2. The molecule has 1 fully saturated rings. The Kier molecular flexibility index (Phi) is 7.94. The molecule has 3 rings (SSSR count). The van der Waals surface area contributed by atoms with Crippen molar-refractivity contribution in [2.24, 2.45) is 11.8 Å². The van der Waals surface area contributed by atoms with E-state index >= 15 is 0 Å². The standard InChI is InChI=1S/C23H31N3O2S2/c1-15(2)18-5-7-19(8-6-18)20-12-30-23(24-20)25-21(27)13-29-14-22(28)26-10-16(3)9-17(4)11-26/h5-8,12,15-17H,9-11,13-14H2,1-4H3,(H,24,25,27)/t16-,17-/m0/s1. The Morgan fingerprint density at radius 2 is 1.83 bits per heavy atom. The van der Waals surface area contributed by atoms with Gasteiger partial charge in [0.25, 0.3) is 0 Å². The van der Waals surface area contributed by atoms with Gasteiger partial charge in [0.1, 0.15) is 0 Å². The van der Waals surface area contributed by atoms with E-state index in [9.17, 15) is 9.59 Å². The van der Waals surface area contributed by atoms with Crippen molar-refractivity contribution in [2.45, 2.75) is 40.0 Å². The minimum Gasteiger partial charge on any atom is -0.341 e. The number of nitrogens with one attached hydrogen (secondary N) is 1. The molecule has 1 aliphatic rings. The van der Waals surface area contributed by atoms with E-state index in [2.05, 4.69) is 62.3 Å². The summed E-state index contributed by atoms with van der Waals surface area (Å²) in [6, 6.07) is 8.38. The van der Waals surface area contributed by atoms with Crippen LogP contribution in [0.1, 0.15) is 45.6 Å². The zero-order chi connectivity index (χ0) is 21.7. The summed E-state index contributed by atoms with van der Waals surface area (Å²) in [5.74, 6) is 2.20. The number of thioether (sulfide) groups is 1. The molecule has 0 aliphatic carbocycles. The smallest absolute Gasteiger partial charge is 0.236 e. The number of carbonyl (C=O) groups is 2. The summed E-state index contributed by atoms with van der Waals surface area (Å²) in [5.41, 5.74) is 3.20. The molecule has 1 N–H and O–H groups in total. The van der Waals surface area contributed by atoms with Gasteiger partial charge in [0.15, 0.2) is 5.13 Å². The number of rotatable bonds is 7. The van der Waals surface area contributed by atoms with Crippen LogP contribution in [0.5, 0.6) is 0 Å². The minimum absolute atomic E-state index is 0.121. The third kappa shape index (κ3) is 6.32. The van der Waals surface area contributed by atoms with Crippen molar-refractivity contribution >= 4 is 40.0 Å². The van der Waals surface area contributed by atoms with E-state index in [1.807, 2.05) is 10.3 Å². The highest BCUT2D eigenvalue weighted by Gasteiger charge is 2.25. The molecule has 1 aliphatic heterocycles. The van der Waals surface area contributed by atoms with E-state index in [0.29, 0.717) is 28.6 Å². The average molecular weight is 446 g/mol. The summed E-state index contributed by atoms with van der Waals surface area (Å²) in [7, 11) is 0. The fourth-order valence-electron chi connectivity index (χ4n) is 3.85. The molecule has 7 heteroatoms. The van der Waals surface area contributed by atoms with E-state index in [1.165, 1.54) is 35.1 Å². The molecule has 1 aromatic heterocycles. The third-order valence-electron chi connectivity index (χ3n) is 5.30. The molecule has 0 radical (unpaired) electrons. The molecule has 2 atom stereocenters. The van der Waals surface area contributed by atoms with Gasteiger partial charge in [0, 0.05) is 24.0 Å². The van der Waals surface area contributed by atoms with Gasteiger partial charge in [-0.05, 0) is 29.7 Å². The molecule has 0 saturated carbocycles. The van der Waals surface area contributed by atoms with Gasteiger partial charge in [-0.3, -0.25) is 9.59 Å². The maximum absolute atomic E-state index is 12.4. The van der Waals surface area contributed by atoms with Crippen LogP contribution in [0.3, 0.4) is 0 Å². The second-order valence-electron chi connectivity index (χ2n) is 8.60. The monoisotopic (exact) mass is 445 g/mol. The SMILES string of the molecule is CC(C)c1ccc(-c2csc(NC(=O)CSCC(=O)N3C[C@@H](C)C[C@H](C)C3)n2)cc1. The predicted molar refractivity (Wildman–Crippen MR) is 127 cm³/mol. The first-order valence-electron chi connectivity index (χ1n) is 10.5. The van der Waals surface area contributed by atoms with Gasteiger partial charge in [0.2, 0.25) is 11.8 Å². The van der Waals surface area contributed by atoms with Crippen LogP contribution in [0.2, 0.25) is 0 Å². The van der Waals surface area contributed by atoms with Crippen molar-refractivity contribution in [1.82, 2.24) is 9.88 Å². The first kappa shape index (κ1) is 22.8. The lowest BCUT2D eigenvalue weighted by molar-refractivity contribution is -0.130. The number of piperidine rings is 1. The van der Waals surface area contributed by atoms with Crippen LogP contribution in [0.4, 0.5) is 5.13 Å². The second kappa shape index (κ2) is 10.4. The van der Waals surface area contributed by atoms with Crippen molar-refractivity contribution in [3.8, 4) is 11.3 Å². The van der Waals surface area contributed by atoms with Crippen LogP contribution in [-0.4, -0.2) is 46.3 Å². The minimum atomic E-state index is -0.121. The molecule has 30 heavy (non-hydrogen) atoms. The number of thiazole rings is 1. The highest BCUT2D eigenvalue weighted by molar-refractivity contribution is 8.00. The molecule has 1 aromatic carbocycles. The molecule has 2 amide bonds. The van der Waals surface area contributed by atoms with Gasteiger partial charge in [-0.25, -0.2) is 4.98 Å². The lowest BCUT2D eigenvalue weighted by atomic mass is 9.92. The number of hydrogen-bond acceptors (Lipinski definition) is 5. The average Bonchev–Trinajstić information content (AvgIpc) is 3.15. The quantitative estimate of drug-likeness (QED) is 0.643. The Labute approximate surface area is 187 Å². The number of carbonyl (C=O) groups excluding carboxylic acids is 2. The molecule has 1 saturated heterocycles. The van der Waals surface area contributed by atoms with E-state index in [0.717, 1.165) is 24.3 Å². The first-order chi connectivity index (χ1) is 14.3. The molecule has 2 heterocycles. The largest absolute Gasteiger partial charge is 0.341 e. The Morgan fingerprint density at radius 3 is 2.47 bits per heavy atom. The zero-order valence-electron chi connectivity index (χ0n) is 18.2.